The van der Waals surface area contributed by atoms with Crippen molar-refractivity contribution in [2.45, 2.75) is 0 Å². The standard InChI is InChI=1S/C43H26ClN3O/c44-29-24-36(42-41(25-29)48-43(45-42)27-12-2-1-3-13-27)28-22-30(46-37-18-8-4-14-32(37)33-15-5-9-19-38(33)46)26-31(23-28)47-39-20-10-6-16-34(39)35-17-7-11-21-40(35)47/h1-26H. The quantitative estimate of drug-likeness (QED) is 0.193. The topological polar surface area (TPSA) is 35.9 Å². The fourth-order valence-electron chi connectivity index (χ4n) is 7.33. The monoisotopic (exact) mass is 635 g/mol. The molecular weight excluding hydrogens is 610 g/mol. The number of benzene rings is 7. The van der Waals surface area contributed by atoms with Crippen molar-refractivity contribution in [3.05, 3.63) is 163 Å². The van der Waals surface area contributed by atoms with Gasteiger partial charge in [-0.05, 0) is 66.2 Å². The van der Waals surface area contributed by atoms with Gasteiger partial charge in [-0.15, -0.1) is 0 Å². The molecule has 0 aliphatic rings. The number of aromatic nitrogens is 3. The first-order valence-electron chi connectivity index (χ1n) is 16.0. The second kappa shape index (κ2) is 10.5. The van der Waals surface area contributed by atoms with Gasteiger partial charge in [0, 0.05) is 55.1 Å². The first kappa shape index (κ1) is 27.1. The van der Waals surface area contributed by atoms with E-state index in [1.165, 1.54) is 21.5 Å². The molecular formula is C43H26ClN3O. The SMILES string of the molecule is Clc1cc(-c2cc(-n3c4ccccc4c4ccccc43)cc(-n3c4ccccc4c4ccccc43)c2)c2nc(-c3ccccc3)oc2c1. The molecule has 0 bridgehead atoms. The third-order valence-electron chi connectivity index (χ3n) is 9.37. The number of fused-ring (bicyclic) bond motifs is 7. The molecule has 0 fully saturated rings. The van der Waals surface area contributed by atoms with Gasteiger partial charge in [0.2, 0.25) is 5.89 Å². The van der Waals surface area contributed by atoms with Crippen LogP contribution in [0.5, 0.6) is 0 Å². The van der Waals surface area contributed by atoms with Crippen LogP contribution in [0, 0.1) is 0 Å². The zero-order valence-electron chi connectivity index (χ0n) is 25.6. The molecule has 0 atom stereocenters. The number of rotatable bonds is 4. The molecule has 3 aromatic heterocycles. The van der Waals surface area contributed by atoms with Gasteiger partial charge in [0.15, 0.2) is 5.58 Å². The Bertz CT molecular complexity index is 2620. The Balaban J connectivity index is 1.32. The molecule has 0 saturated carbocycles. The second-order valence-electron chi connectivity index (χ2n) is 12.2. The molecule has 4 nitrogen and oxygen atoms in total. The number of para-hydroxylation sites is 4. The predicted octanol–water partition coefficient (Wildman–Crippen LogP) is 12.0. The summed E-state index contributed by atoms with van der Waals surface area (Å²) in [5.74, 6) is 0.565. The third-order valence-corrected chi connectivity index (χ3v) is 9.59. The van der Waals surface area contributed by atoms with E-state index < -0.39 is 0 Å². The minimum absolute atomic E-state index is 0.565. The number of nitrogens with zero attached hydrogens (tertiary/aromatic N) is 3. The lowest BCUT2D eigenvalue weighted by Gasteiger charge is -2.16. The smallest absolute Gasteiger partial charge is 0.227 e. The first-order chi connectivity index (χ1) is 23.7. The van der Waals surface area contributed by atoms with Gasteiger partial charge in [-0.3, -0.25) is 0 Å². The van der Waals surface area contributed by atoms with Crippen molar-refractivity contribution in [1.82, 2.24) is 14.1 Å². The van der Waals surface area contributed by atoms with Crippen LogP contribution in [-0.2, 0) is 0 Å². The van der Waals surface area contributed by atoms with Crippen LogP contribution in [0.2, 0.25) is 5.02 Å². The molecule has 48 heavy (non-hydrogen) atoms. The normalized spacial score (nSPS) is 11.9. The van der Waals surface area contributed by atoms with Gasteiger partial charge >= 0.3 is 0 Å². The summed E-state index contributed by atoms with van der Waals surface area (Å²) >= 11 is 6.82. The minimum atomic E-state index is 0.565. The Morgan fingerprint density at radius 1 is 0.458 bits per heavy atom. The summed E-state index contributed by atoms with van der Waals surface area (Å²) in [6, 6.07) is 55.1. The Morgan fingerprint density at radius 2 is 0.917 bits per heavy atom. The maximum absolute atomic E-state index is 6.82. The van der Waals surface area contributed by atoms with Gasteiger partial charge in [0.05, 0.1) is 22.1 Å². The van der Waals surface area contributed by atoms with Crippen LogP contribution < -0.4 is 0 Å². The number of oxazole rings is 1. The highest BCUT2D eigenvalue weighted by Gasteiger charge is 2.20. The molecule has 0 saturated heterocycles. The van der Waals surface area contributed by atoms with Crippen LogP contribution in [0.4, 0.5) is 0 Å². The summed E-state index contributed by atoms with van der Waals surface area (Å²) in [6.45, 7) is 0. The van der Waals surface area contributed by atoms with E-state index in [1.807, 2.05) is 42.5 Å². The van der Waals surface area contributed by atoms with E-state index in [0.717, 1.165) is 55.6 Å². The molecule has 0 aliphatic heterocycles. The van der Waals surface area contributed by atoms with E-state index in [0.29, 0.717) is 16.5 Å². The molecule has 3 heterocycles. The van der Waals surface area contributed by atoms with E-state index in [1.54, 1.807) is 0 Å². The number of hydrogen-bond acceptors (Lipinski definition) is 2. The van der Waals surface area contributed by atoms with E-state index in [-0.39, 0.29) is 0 Å². The Kier molecular flexibility index (Phi) is 5.90. The van der Waals surface area contributed by atoms with Gasteiger partial charge in [-0.2, -0.15) is 0 Å². The van der Waals surface area contributed by atoms with Crippen molar-refractivity contribution >= 4 is 66.3 Å². The lowest BCUT2D eigenvalue weighted by Crippen LogP contribution is -2.00. The molecule has 0 amide bonds. The Morgan fingerprint density at radius 3 is 1.42 bits per heavy atom. The zero-order chi connectivity index (χ0) is 31.8. The van der Waals surface area contributed by atoms with Crippen LogP contribution in [0.3, 0.4) is 0 Å². The van der Waals surface area contributed by atoms with Gasteiger partial charge < -0.3 is 13.6 Å². The Labute approximate surface area is 280 Å². The first-order valence-corrected chi connectivity index (χ1v) is 16.4. The van der Waals surface area contributed by atoms with Crippen molar-refractivity contribution in [3.63, 3.8) is 0 Å². The van der Waals surface area contributed by atoms with Crippen molar-refractivity contribution in [2.75, 3.05) is 0 Å². The lowest BCUT2D eigenvalue weighted by molar-refractivity contribution is 0.620. The number of hydrogen-bond donors (Lipinski definition) is 0. The highest BCUT2D eigenvalue weighted by molar-refractivity contribution is 6.31. The minimum Gasteiger partial charge on any atom is -0.436 e. The van der Waals surface area contributed by atoms with E-state index in [4.69, 9.17) is 21.0 Å². The molecule has 10 aromatic rings. The van der Waals surface area contributed by atoms with Crippen molar-refractivity contribution in [2.24, 2.45) is 0 Å². The van der Waals surface area contributed by atoms with Gasteiger partial charge in [-0.25, -0.2) is 4.98 Å². The van der Waals surface area contributed by atoms with Crippen molar-refractivity contribution in [3.8, 4) is 34.0 Å². The van der Waals surface area contributed by atoms with Gasteiger partial charge in [0.25, 0.3) is 0 Å². The maximum atomic E-state index is 6.82. The second-order valence-corrected chi connectivity index (χ2v) is 12.6. The average molecular weight is 636 g/mol. The zero-order valence-corrected chi connectivity index (χ0v) is 26.4. The summed E-state index contributed by atoms with van der Waals surface area (Å²) in [5.41, 5.74) is 10.9. The molecule has 0 spiro atoms. The van der Waals surface area contributed by atoms with E-state index in [9.17, 15) is 0 Å². The molecule has 0 aliphatic carbocycles. The van der Waals surface area contributed by atoms with Crippen LogP contribution in [0.25, 0.3) is 88.7 Å². The summed E-state index contributed by atoms with van der Waals surface area (Å²) in [5, 5.41) is 5.45. The fraction of sp³-hybridized carbons (Fsp3) is 0. The highest BCUT2D eigenvalue weighted by Crippen LogP contribution is 2.40. The number of halogens is 1. The third kappa shape index (κ3) is 4.06. The van der Waals surface area contributed by atoms with Crippen LogP contribution in [-0.4, -0.2) is 14.1 Å². The van der Waals surface area contributed by atoms with Gasteiger partial charge in [-0.1, -0.05) is 103 Å². The summed E-state index contributed by atoms with van der Waals surface area (Å²) < 4.78 is 11.1. The molecule has 0 N–H and O–H groups in total. The molecule has 0 unspecified atom stereocenters. The predicted molar refractivity (Wildman–Crippen MR) is 199 cm³/mol. The summed E-state index contributed by atoms with van der Waals surface area (Å²) in [6.07, 6.45) is 0. The van der Waals surface area contributed by atoms with Crippen LogP contribution in [0.15, 0.2) is 162 Å². The largest absolute Gasteiger partial charge is 0.436 e. The molecule has 10 rings (SSSR count). The Hall–Kier alpha value is -6.10. The lowest BCUT2D eigenvalue weighted by atomic mass is 10.0. The van der Waals surface area contributed by atoms with E-state index >= 15 is 0 Å². The highest BCUT2D eigenvalue weighted by atomic mass is 35.5. The fourth-order valence-corrected chi connectivity index (χ4v) is 7.54. The van der Waals surface area contributed by atoms with Gasteiger partial charge in [0.1, 0.15) is 5.52 Å². The maximum Gasteiger partial charge on any atom is 0.227 e. The molecule has 0 radical (unpaired) electrons. The van der Waals surface area contributed by atoms with E-state index in [2.05, 4.69) is 124 Å². The van der Waals surface area contributed by atoms with Crippen molar-refractivity contribution in [1.29, 1.82) is 0 Å². The molecule has 5 heteroatoms. The summed E-state index contributed by atoms with van der Waals surface area (Å²) in [4.78, 5) is 5.05. The van der Waals surface area contributed by atoms with Crippen LogP contribution >= 0.6 is 11.6 Å². The molecule has 226 valence electrons. The van der Waals surface area contributed by atoms with Crippen LogP contribution in [0.1, 0.15) is 0 Å². The van der Waals surface area contributed by atoms with Crippen molar-refractivity contribution < 1.29 is 4.42 Å². The molecule has 7 aromatic carbocycles. The average Bonchev–Trinajstić information content (AvgIpc) is 3.82. The summed E-state index contributed by atoms with van der Waals surface area (Å²) in [7, 11) is 0.